The van der Waals surface area contributed by atoms with E-state index in [-0.39, 0.29) is 0 Å². The quantitative estimate of drug-likeness (QED) is 0.235. The molecule has 166 valence electrons. The van der Waals surface area contributed by atoms with E-state index < -0.39 is 0 Å². The second-order valence-electron chi connectivity index (χ2n) is 7.69. The number of rotatable bonds is 7. The largest absolute Gasteiger partial charge is 0.378 e. The summed E-state index contributed by atoms with van der Waals surface area (Å²) in [5, 5.41) is 15.9. The lowest BCUT2D eigenvalue weighted by Crippen LogP contribution is -2.69. The lowest BCUT2D eigenvalue weighted by molar-refractivity contribution is -0.395. The number of hydrazone groups is 1. The molecule has 2 aliphatic rings. The van der Waals surface area contributed by atoms with Crippen molar-refractivity contribution in [1.29, 1.82) is 0 Å². The highest BCUT2D eigenvalue weighted by Gasteiger charge is 2.27. The Morgan fingerprint density at radius 3 is 3.06 bits per heavy atom. The summed E-state index contributed by atoms with van der Waals surface area (Å²) in [6.45, 7) is 4.09. The Balaban J connectivity index is 1.19. The van der Waals surface area contributed by atoms with Crippen LogP contribution in [0.15, 0.2) is 52.1 Å². The number of nitrogens with zero attached hydrogens (tertiary/aromatic N) is 7. The van der Waals surface area contributed by atoms with Crippen molar-refractivity contribution < 1.29 is 9.73 Å². The molecule has 0 spiro atoms. The number of ether oxygens (including phenoxy) is 1. The molecule has 11 nitrogen and oxygen atoms in total. The molecule has 4 N–H and O–H groups in total. The maximum atomic E-state index is 5.60. The van der Waals surface area contributed by atoms with Crippen molar-refractivity contribution in [3.63, 3.8) is 0 Å². The number of anilines is 2. The molecule has 5 heterocycles. The van der Waals surface area contributed by atoms with Crippen LogP contribution in [-0.4, -0.2) is 73.5 Å². The third-order valence-electron chi connectivity index (χ3n) is 5.50. The first-order valence-corrected chi connectivity index (χ1v) is 11.1. The smallest absolute Gasteiger partial charge is 0.247 e. The van der Waals surface area contributed by atoms with Crippen LogP contribution in [0.3, 0.4) is 0 Å². The average molecular weight is 500 g/mol. The summed E-state index contributed by atoms with van der Waals surface area (Å²) in [6, 6.07) is 4.39. The minimum absolute atomic E-state index is 0.439. The number of aromatic nitrogens is 5. The molecular formula is C20H24BrN10O+. The van der Waals surface area contributed by atoms with Gasteiger partial charge < -0.3 is 15.9 Å². The van der Waals surface area contributed by atoms with Gasteiger partial charge >= 0.3 is 0 Å². The predicted molar refractivity (Wildman–Crippen MR) is 124 cm³/mol. The van der Waals surface area contributed by atoms with Crippen LogP contribution >= 0.6 is 15.9 Å². The van der Waals surface area contributed by atoms with Crippen LogP contribution in [0.25, 0.3) is 5.65 Å². The zero-order chi connectivity index (χ0) is 21.9. The first-order valence-electron chi connectivity index (χ1n) is 10.4. The van der Waals surface area contributed by atoms with Crippen LogP contribution in [0.1, 0.15) is 6.42 Å². The van der Waals surface area contributed by atoms with E-state index in [2.05, 4.69) is 57.5 Å². The Kier molecular flexibility index (Phi) is 5.97. The number of nitrogens with one attached hydrogen (secondary N) is 2. The van der Waals surface area contributed by atoms with E-state index in [1.54, 1.807) is 15.4 Å². The van der Waals surface area contributed by atoms with Crippen LogP contribution in [0, 0.1) is 0 Å². The fourth-order valence-corrected chi connectivity index (χ4v) is 4.04. The number of halogens is 1. The van der Waals surface area contributed by atoms with Crippen LogP contribution < -0.4 is 16.2 Å². The normalized spacial score (nSPS) is 18.3. The Labute approximate surface area is 192 Å². The molecule has 12 heteroatoms. The molecule has 0 aromatic carbocycles. The molecule has 0 radical (unpaired) electrons. The van der Waals surface area contributed by atoms with Gasteiger partial charge in [0.15, 0.2) is 17.6 Å². The van der Waals surface area contributed by atoms with E-state index in [9.17, 15) is 0 Å². The SMILES string of the molecule is NN=C(C=[NH+]C1=CCN(C2COC2)CC1)Cn1cc(Nc2nc3c(Br)cccn3n2)cn1. The van der Waals surface area contributed by atoms with Gasteiger partial charge in [-0.05, 0) is 34.1 Å². The topological polar surface area (TPSA) is 125 Å². The number of hydrogen-bond donors (Lipinski definition) is 3. The highest BCUT2D eigenvalue weighted by atomic mass is 79.9. The van der Waals surface area contributed by atoms with Gasteiger partial charge in [0.25, 0.3) is 0 Å². The maximum Gasteiger partial charge on any atom is 0.247 e. The lowest BCUT2D eigenvalue weighted by atomic mass is 10.1. The minimum atomic E-state index is 0.439. The fraction of sp³-hybridized carbons (Fsp3) is 0.350. The zero-order valence-electron chi connectivity index (χ0n) is 17.4. The van der Waals surface area contributed by atoms with E-state index >= 15 is 0 Å². The number of pyridine rings is 1. The van der Waals surface area contributed by atoms with Gasteiger partial charge in [0.1, 0.15) is 5.71 Å². The number of nitrogens with two attached hydrogens (primary N) is 1. The van der Waals surface area contributed by atoms with Gasteiger partial charge in [-0.15, -0.1) is 5.10 Å². The van der Waals surface area contributed by atoms with Crippen molar-refractivity contribution >= 4 is 45.1 Å². The van der Waals surface area contributed by atoms with E-state index in [0.717, 1.165) is 48.5 Å². The standard InChI is InChI=1S/C20H23BrN10O/c21-18-2-1-5-31-19(18)26-20(28-31)25-15-9-24-30(10-15)11-16(27-22)8-23-14-3-6-29(7-4-14)17-12-32-13-17/h1-3,5,8-10,17H,4,6-7,11-13,22H2,(H,25,28)/p+1. The van der Waals surface area contributed by atoms with Crippen LogP contribution in [0.5, 0.6) is 0 Å². The number of fused-ring (bicyclic) bond motifs is 1. The first kappa shape index (κ1) is 20.8. The van der Waals surface area contributed by atoms with E-state index in [0.29, 0.717) is 24.2 Å². The van der Waals surface area contributed by atoms with Crippen LogP contribution in [-0.2, 0) is 11.3 Å². The van der Waals surface area contributed by atoms with Crippen LogP contribution in [0.4, 0.5) is 11.6 Å². The van der Waals surface area contributed by atoms with Gasteiger partial charge in [-0.3, -0.25) is 9.58 Å². The van der Waals surface area contributed by atoms with Gasteiger partial charge in [0, 0.05) is 31.9 Å². The fourth-order valence-electron chi connectivity index (χ4n) is 3.62. The molecule has 0 saturated carbocycles. The summed E-state index contributed by atoms with van der Waals surface area (Å²) in [5.41, 5.74) is 3.37. The Morgan fingerprint density at radius 1 is 1.44 bits per heavy atom. The van der Waals surface area contributed by atoms with Gasteiger partial charge in [-0.2, -0.15) is 15.2 Å². The monoisotopic (exact) mass is 499 g/mol. The highest BCUT2D eigenvalue weighted by Crippen LogP contribution is 2.19. The maximum absolute atomic E-state index is 5.60. The summed E-state index contributed by atoms with van der Waals surface area (Å²) >= 11 is 3.48. The molecule has 3 aromatic heterocycles. The first-order chi connectivity index (χ1) is 15.7. The lowest BCUT2D eigenvalue weighted by Gasteiger charge is -2.37. The second-order valence-corrected chi connectivity index (χ2v) is 8.54. The van der Waals surface area contributed by atoms with E-state index in [1.807, 2.05) is 30.7 Å². The molecule has 0 aliphatic carbocycles. The van der Waals surface area contributed by atoms with Gasteiger partial charge in [0.05, 0.1) is 42.2 Å². The average Bonchev–Trinajstić information content (AvgIpc) is 3.38. The Hall–Kier alpha value is -3.09. The summed E-state index contributed by atoms with van der Waals surface area (Å²) < 4.78 is 9.62. The van der Waals surface area contributed by atoms with Gasteiger partial charge in [0.2, 0.25) is 5.95 Å². The Morgan fingerprint density at radius 2 is 2.34 bits per heavy atom. The van der Waals surface area contributed by atoms with Gasteiger partial charge in [-0.1, -0.05) is 0 Å². The van der Waals surface area contributed by atoms with Crippen molar-refractivity contribution in [2.45, 2.75) is 19.0 Å². The van der Waals surface area contributed by atoms with Crippen LogP contribution in [0.2, 0.25) is 0 Å². The van der Waals surface area contributed by atoms with Crippen molar-refractivity contribution in [1.82, 2.24) is 29.3 Å². The summed E-state index contributed by atoms with van der Waals surface area (Å²) in [4.78, 5) is 10.3. The molecule has 0 atom stereocenters. The zero-order valence-corrected chi connectivity index (χ0v) is 18.9. The molecule has 1 fully saturated rings. The third kappa shape index (κ3) is 4.56. The molecular weight excluding hydrogens is 476 g/mol. The van der Waals surface area contributed by atoms with Crippen molar-refractivity contribution in [3.8, 4) is 0 Å². The molecule has 5 rings (SSSR count). The third-order valence-corrected chi connectivity index (χ3v) is 6.11. The summed E-state index contributed by atoms with van der Waals surface area (Å²) in [6.07, 6.45) is 10.4. The van der Waals surface area contributed by atoms with Gasteiger partial charge in [-0.25, -0.2) is 9.51 Å². The molecule has 3 aromatic rings. The molecule has 2 aliphatic heterocycles. The highest BCUT2D eigenvalue weighted by molar-refractivity contribution is 9.10. The molecule has 32 heavy (non-hydrogen) atoms. The number of hydrogen-bond acceptors (Lipinski definition) is 8. The Bertz CT molecular complexity index is 1190. The minimum Gasteiger partial charge on any atom is -0.378 e. The molecule has 1 saturated heterocycles. The van der Waals surface area contributed by atoms with Crippen molar-refractivity contribution in [2.24, 2.45) is 10.9 Å². The van der Waals surface area contributed by atoms with Crippen molar-refractivity contribution in [2.75, 3.05) is 31.6 Å². The summed E-state index contributed by atoms with van der Waals surface area (Å²) in [7, 11) is 0. The summed E-state index contributed by atoms with van der Waals surface area (Å²) in [5.74, 6) is 6.09. The second kappa shape index (κ2) is 9.18. The molecule has 0 amide bonds. The van der Waals surface area contributed by atoms with Crippen molar-refractivity contribution in [3.05, 3.63) is 47.0 Å². The van der Waals surface area contributed by atoms with E-state index in [4.69, 9.17) is 10.6 Å². The van der Waals surface area contributed by atoms with E-state index in [1.165, 1.54) is 5.70 Å². The molecule has 0 unspecified atom stereocenters. The predicted octanol–water partition coefficient (Wildman–Crippen LogP) is -0.114. The molecule has 0 bridgehead atoms.